The minimum atomic E-state index is 0.246. The van der Waals surface area contributed by atoms with Gasteiger partial charge in [-0.05, 0) is 31.2 Å². The number of anilines is 3. The summed E-state index contributed by atoms with van der Waals surface area (Å²) in [6, 6.07) is 11.6. The molecular formula is C16H15N5O. The highest BCUT2D eigenvalue weighted by atomic mass is 16.5. The van der Waals surface area contributed by atoms with Crippen molar-refractivity contribution in [2.24, 2.45) is 0 Å². The van der Waals surface area contributed by atoms with Gasteiger partial charge in [0.1, 0.15) is 17.5 Å². The lowest BCUT2D eigenvalue weighted by molar-refractivity contribution is 0.326. The molecule has 0 unspecified atom stereocenters. The van der Waals surface area contributed by atoms with Crippen molar-refractivity contribution in [1.29, 1.82) is 5.26 Å². The van der Waals surface area contributed by atoms with E-state index in [9.17, 15) is 0 Å². The molecule has 2 heterocycles. The Bertz CT molecular complexity index is 863. The van der Waals surface area contributed by atoms with E-state index in [1.165, 1.54) is 0 Å². The van der Waals surface area contributed by atoms with Crippen LogP contribution >= 0.6 is 0 Å². The molecule has 6 nitrogen and oxygen atoms in total. The van der Waals surface area contributed by atoms with E-state index in [2.05, 4.69) is 15.3 Å². The van der Waals surface area contributed by atoms with Gasteiger partial charge in [-0.2, -0.15) is 10.2 Å². The second kappa shape index (κ2) is 5.66. The number of H-pyrrole nitrogens is 1. The largest absolute Gasteiger partial charge is 0.477 e. The van der Waals surface area contributed by atoms with Crippen LogP contribution in [0, 0.1) is 11.3 Å². The molecule has 0 saturated carbocycles. The number of nitriles is 1. The number of ether oxygens (including phenoxy) is 1. The summed E-state index contributed by atoms with van der Waals surface area (Å²) < 4.78 is 5.39. The molecule has 0 atom stereocenters. The zero-order valence-corrected chi connectivity index (χ0v) is 12.1. The van der Waals surface area contributed by atoms with Gasteiger partial charge in [-0.1, -0.05) is 0 Å². The maximum Gasteiger partial charge on any atom is 0.235 e. The van der Waals surface area contributed by atoms with Crippen molar-refractivity contribution in [1.82, 2.24) is 9.97 Å². The Morgan fingerprint density at radius 3 is 3.00 bits per heavy atom. The van der Waals surface area contributed by atoms with E-state index in [-0.39, 0.29) is 11.4 Å². The third-order valence-electron chi connectivity index (χ3n) is 3.24. The average Bonchev–Trinajstić information content (AvgIpc) is 2.95. The first-order valence-corrected chi connectivity index (χ1v) is 6.89. The van der Waals surface area contributed by atoms with Gasteiger partial charge in [0.2, 0.25) is 5.88 Å². The monoisotopic (exact) mass is 293 g/mol. The summed E-state index contributed by atoms with van der Waals surface area (Å²) in [5.41, 5.74) is 8.44. The molecule has 0 aliphatic rings. The Morgan fingerprint density at radius 1 is 1.36 bits per heavy atom. The van der Waals surface area contributed by atoms with Crippen molar-refractivity contribution < 1.29 is 4.74 Å². The first-order chi connectivity index (χ1) is 10.7. The molecule has 110 valence electrons. The second-order valence-corrected chi connectivity index (χ2v) is 4.73. The number of aromatic nitrogens is 2. The number of nitrogens with one attached hydrogen (secondary N) is 2. The van der Waals surface area contributed by atoms with Crippen LogP contribution in [0.15, 0.2) is 36.5 Å². The molecule has 0 saturated heterocycles. The van der Waals surface area contributed by atoms with Crippen LogP contribution < -0.4 is 15.8 Å². The summed E-state index contributed by atoms with van der Waals surface area (Å²) in [6.07, 6.45) is 1.89. The molecule has 0 aliphatic heterocycles. The van der Waals surface area contributed by atoms with Crippen LogP contribution in [-0.2, 0) is 0 Å². The summed E-state index contributed by atoms with van der Waals surface area (Å²) in [5.74, 6) is 0.782. The standard InChI is InChI=1S/C16H15N5O/c1-2-22-16-12(9-17)13(18)8-15(21-16)20-11-3-4-14-10(7-11)5-6-19-14/h3-8,19H,2H2,1H3,(H3,18,20,21). The highest BCUT2D eigenvalue weighted by molar-refractivity contribution is 5.84. The molecule has 2 aromatic heterocycles. The van der Waals surface area contributed by atoms with Crippen molar-refractivity contribution in [3.8, 4) is 11.9 Å². The van der Waals surface area contributed by atoms with Gasteiger partial charge in [-0.3, -0.25) is 0 Å². The molecule has 1 aromatic carbocycles. The molecule has 0 bridgehead atoms. The van der Waals surface area contributed by atoms with Gasteiger partial charge in [0.25, 0.3) is 0 Å². The molecular weight excluding hydrogens is 278 g/mol. The van der Waals surface area contributed by atoms with E-state index in [0.717, 1.165) is 16.6 Å². The van der Waals surface area contributed by atoms with E-state index in [1.54, 1.807) is 6.07 Å². The van der Waals surface area contributed by atoms with Crippen LogP contribution in [0.2, 0.25) is 0 Å². The van der Waals surface area contributed by atoms with Crippen LogP contribution in [0.25, 0.3) is 10.9 Å². The number of nitrogen functional groups attached to an aromatic ring is 1. The van der Waals surface area contributed by atoms with Crippen LogP contribution in [0.3, 0.4) is 0 Å². The Morgan fingerprint density at radius 2 is 2.23 bits per heavy atom. The number of hydrogen-bond donors (Lipinski definition) is 3. The predicted molar refractivity (Wildman–Crippen MR) is 86.1 cm³/mol. The fourth-order valence-electron chi connectivity index (χ4n) is 2.24. The summed E-state index contributed by atoms with van der Waals surface area (Å²) in [5, 5.41) is 13.4. The van der Waals surface area contributed by atoms with Gasteiger partial charge >= 0.3 is 0 Å². The highest BCUT2D eigenvalue weighted by Gasteiger charge is 2.12. The predicted octanol–water partition coefficient (Wildman–Crippen LogP) is 3.16. The normalized spacial score (nSPS) is 10.4. The number of benzene rings is 1. The summed E-state index contributed by atoms with van der Waals surface area (Å²) >= 11 is 0. The molecule has 3 rings (SSSR count). The van der Waals surface area contributed by atoms with Crippen LogP contribution in [-0.4, -0.2) is 16.6 Å². The molecule has 0 aliphatic carbocycles. The van der Waals surface area contributed by atoms with Crippen molar-refractivity contribution >= 4 is 28.1 Å². The number of hydrogen-bond acceptors (Lipinski definition) is 5. The Balaban J connectivity index is 1.96. The number of rotatable bonds is 4. The highest BCUT2D eigenvalue weighted by Crippen LogP contribution is 2.27. The number of fused-ring (bicyclic) bond motifs is 1. The topological polar surface area (TPSA) is 99.8 Å². The van der Waals surface area contributed by atoms with Gasteiger partial charge < -0.3 is 20.8 Å². The third kappa shape index (κ3) is 2.52. The number of nitrogens with zero attached hydrogens (tertiary/aromatic N) is 2. The van der Waals surface area contributed by atoms with Crippen LogP contribution in [0.1, 0.15) is 12.5 Å². The lowest BCUT2D eigenvalue weighted by Crippen LogP contribution is -2.04. The van der Waals surface area contributed by atoms with Crippen molar-refractivity contribution in [2.75, 3.05) is 17.7 Å². The van der Waals surface area contributed by atoms with Crippen molar-refractivity contribution in [3.63, 3.8) is 0 Å². The maximum absolute atomic E-state index is 9.13. The third-order valence-corrected chi connectivity index (χ3v) is 3.24. The smallest absolute Gasteiger partial charge is 0.235 e. The van der Waals surface area contributed by atoms with Crippen molar-refractivity contribution in [2.45, 2.75) is 6.92 Å². The van der Waals surface area contributed by atoms with E-state index in [1.807, 2.05) is 43.5 Å². The summed E-state index contributed by atoms with van der Waals surface area (Å²) in [6.45, 7) is 2.25. The molecule has 3 aromatic rings. The van der Waals surface area contributed by atoms with E-state index in [0.29, 0.717) is 18.1 Å². The average molecular weight is 293 g/mol. The fraction of sp³-hybridized carbons (Fsp3) is 0.125. The van der Waals surface area contributed by atoms with Crippen molar-refractivity contribution in [3.05, 3.63) is 42.1 Å². The lowest BCUT2D eigenvalue weighted by atomic mass is 10.2. The molecule has 4 N–H and O–H groups in total. The number of aromatic amines is 1. The zero-order chi connectivity index (χ0) is 15.5. The van der Waals surface area contributed by atoms with Gasteiger partial charge in [0.05, 0.1) is 12.3 Å². The van der Waals surface area contributed by atoms with Gasteiger partial charge in [0.15, 0.2) is 0 Å². The molecule has 0 radical (unpaired) electrons. The molecule has 0 fully saturated rings. The van der Waals surface area contributed by atoms with Gasteiger partial charge in [0, 0.05) is 28.9 Å². The quantitative estimate of drug-likeness (QED) is 0.686. The minimum absolute atomic E-state index is 0.246. The number of pyridine rings is 1. The summed E-state index contributed by atoms with van der Waals surface area (Å²) in [7, 11) is 0. The molecule has 0 amide bonds. The Labute approximate surface area is 127 Å². The molecule has 0 spiro atoms. The van der Waals surface area contributed by atoms with E-state index < -0.39 is 0 Å². The maximum atomic E-state index is 9.13. The summed E-state index contributed by atoms with van der Waals surface area (Å²) in [4.78, 5) is 7.45. The first-order valence-electron chi connectivity index (χ1n) is 6.89. The Hall–Kier alpha value is -3.20. The minimum Gasteiger partial charge on any atom is -0.477 e. The second-order valence-electron chi connectivity index (χ2n) is 4.73. The zero-order valence-electron chi connectivity index (χ0n) is 12.1. The lowest BCUT2D eigenvalue weighted by Gasteiger charge is -2.11. The molecule has 6 heteroatoms. The van der Waals surface area contributed by atoms with Gasteiger partial charge in [-0.15, -0.1) is 0 Å². The fourth-order valence-corrected chi connectivity index (χ4v) is 2.24. The molecule has 22 heavy (non-hydrogen) atoms. The van der Waals surface area contributed by atoms with Gasteiger partial charge in [-0.25, -0.2) is 0 Å². The van der Waals surface area contributed by atoms with Crippen LogP contribution in [0.5, 0.6) is 5.88 Å². The first kappa shape index (κ1) is 13.8. The van der Waals surface area contributed by atoms with E-state index >= 15 is 0 Å². The SMILES string of the molecule is CCOc1nc(Nc2ccc3[nH]ccc3c2)cc(N)c1C#N. The van der Waals surface area contributed by atoms with E-state index in [4.69, 9.17) is 15.7 Å². The Kier molecular flexibility index (Phi) is 3.54. The van der Waals surface area contributed by atoms with Crippen LogP contribution in [0.4, 0.5) is 17.2 Å². The number of nitrogens with two attached hydrogens (primary N) is 1.